The Balaban J connectivity index is 1.21. The summed E-state index contributed by atoms with van der Waals surface area (Å²) >= 11 is 0. The van der Waals surface area contributed by atoms with Crippen LogP contribution in [0.25, 0.3) is 0 Å². The molecular weight excluding hydrogens is 408 g/mol. The van der Waals surface area contributed by atoms with Crippen LogP contribution in [-0.2, 0) is 17.8 Å². The number of aliphatic hydroxyl groups excluding tert-OH is 1. The lowest BCUT2D eigenvalue weighted by molar-refractivity contribution is -0.120. The van der Waals surface area contributed by atoms with Gasteiger partial charge in [-0.1, -0.05) is 24.3 Å². The number of anilines is 1. The summed E-state index contributed by atoms with van der Waals surface area (Å²) in [6, 6.07) is 10.4. The zero-order valence-corrected chi connectivity index (χ0v) is 18.3. The summed E-state index contributed by atoms with van der Waals surface area (Å²) in [5.74, 6) is 0.203. The second-order valence-electron chi connectivity index (χ2n) is 8.62. The van der Waals surface area contributed by atoms with Gasteiger partial charge in [0.15, 0.2) is 0 Å². The van der Waals surface area contributed by atoms with Crippen LogP contribution in [0, 0.1) is 0 Å². The Morgan fingerprint density at radius 3 is 2.75 bits per heavy atom. The summed E-state index contributed by atoms with van der Waals surface area (Å²) in [7, 11) is 0. The van der Waals surface area contributed by atoms with E-state index in [4.69, 9.17) is 0 Å². The molecule has 2 aromatic rings. The summed E-state index contributed by atoms with van der Waals surface area (Å²) in [6.07, 6.45) is 3.29. The van der Waals surface area contributed by atoms with Gasteiger partial charge in [0.2, 0.25) is 5.91 Å². The fourth-order valence-electron chi connectivity index (χ4n) is 4.28. The van der Waals surface area contributed by atoms with E-state index in [1.165, 1.54) is 24.4 Å². The van der Waals surface area contributed by atoms with Crippen LogP contribution >= 0.6 is 0 Å². The molecule has 1 fully saturated rings. The molecule has 0 bridgehead atoms. The molecule has 0 unspecified atom stereocenters. The third-order valence-corrected chi connectivity index (χ3v) is 5.97. The lowest BCUT2D eigenvalue weighted by Gasteiger charge is -2.36. The van der Waals surface area contributed by atoms with Gasteiger partial charge < -0.3 is 21.1 Å². The molecule has 1 saturated carbocycles. The maximum atomic E-state index is 12.5. The average molecular weight is 439 g/mol. The number of benzene rings is 1. The fraction of sp³-hybridized carbons (Fsp3) is 0.478. The summed E-state index contributed by atoms with van der Waals surface area (Å²) in [5, 5.41) is 19.3. The molecule has 170 valence electrons. The van der Waals surface area contributed by atoms with Crippen LogP contribution in [0.1, 0.15) is 41.4 Å². The molecule has 4 N–H and O–H groups in total. The Bertz CT molecular complexity index is 962. The van der Waals surface area contributed by atoms with Crippen molar-refractivity contribution in [2.75, 3.05) is 25.0 Å². The molecule has 2 heterocycles. The summed E-state index contributed by atoms with van der Waals surface area (Å²) in [5.41, 5.74) is 2.91. The summed E-state index contributed by atoms with van der Waals surface area (Å²) < 4.78 is 0. The molecule has 1 aliphatic heterocycles. The van der Waals surface area contributed by atoms with Crippen LogP contribution in [0.15, 0.2) is 36.7 Å². The summed E-state index contributed by atoms with van der Waals surface area (Å²) in [4.78, 5) is 34.0. The number of carbonyl (C=O) groups is 2. The minimum atomic E-state index is -0.663. The van der Waals surface area contributed by atoms with E-state index in [-0.39, 0.29) is 36.1 Å². The topological polar surface area (TPSA) is 119 Å². The molecule has 9 nitrogen and oxygen atoms in total. The van der Waals surface area contributed by atoms with Crippen molar-refractivity contribution in [3.63, 3.8) is 0 Å². The number of β-amino-alcohol motifs (C(OH)–C–C–N with tert-alkyl or cyclic N) is 1. The van der Waals surface area contributed by atoms with Crippen molar-refractivity contribution in [3.8, 4) is 0 Å². The first-order valence-corrected chi connectivity index (χ1v) is 11.1. The largest absolute Gasteiger partial charge is 0.390 e. The van der Waals surface area contributed by atoms with E-state index >= 15 is 0 Å². The van der Waals surface area contributed by atoms with Gasteiger partial charge in [-0.25, -0.2) is 9.97 Å². The number of hydrogen-bond acceptors (Lipinski definition) is 7. The number of amides is 2. The number of aliphatic hydroxyl groups is 1. The van der Waals surface area contributed by atoms with Gasteiger partial charge in [0.25, 0.3) is 5.91 Å². The first-order valence-electron chi connectivity index (χ1n) is 11.1. The zero-order valence-electron chi connectivity index (χ0n) is 18.3. The second kappa shape index (κ2) is 10.1. The normalized spacial score (nSPS) is 21.1. The highest BCUT2D eigenvalue weighted by molar-refractivity contribution is 5.92. The Kier molecular flexibility index (Phi) is 6.96. The van der Waals surface area contributed by atoms with Gasteiger partial charge in [0.1, 0.15) is 17.8 Å². The SMILES string of the molecule is CC(=O)NC1CC(Nc2cc(C(=O)NC[C@H](O)CN3CCc4ccccc4C3)ncn2)C1. The van der Waals surface area contributed by atoms with E-state index in [1.807, 2.05) is 6.07 Å². The molecule has 1 aromatic heterocycles. The minimum Gasteiger partial charge on any atom is -0.390 e. The molecular formula is C23H30N6O3. The van der Waals surface area contributed by atoms with E-state index in [2.05, 4.69) is 49.0 Å². The van der Waals surface area contributed by atoms with Gasteiger partial charge in [-0.15, -0.1) is 0 Å². The predicted molar refractivity (Wildman–Crippen MR) is 120 cm³/mol. The van der Waals surface area contributed by atoms with Gasteiger partial charge in [0, 0.05) is 51.3 Å². The monoisotopic (exact) mass is 438 g/mol. The molecule has 9 heteroatoms. The quantitative estimate of drug-likeness (QED) is 0.479. The van der Waals surface area contributed by atoms with Crippen LogP contribution in [0.4, 0.5) is 5.82 Å². The van der Waals surface area contributed by atoms with Crippen molar-refractivity contribution in [1.82, 2.24) is 25.5 Å². The Morgan fingerprint density at radius 1 is 1.19 bits per heavy atom. The number of nitrogens with one attached hydrogen (secondary N) is 3. The van der Waals surface area contributed by atoms with E-state index in [9.17, 15) is 14.7 Å². The minimum absolute atomic E-state index is 0.0262. The molecule has 2 amide bonds. The predicted octanol–water partition coefficient (Wildman–Crippen LogP) is 0.705. The third-order valence-electron chi connectivity index (χ3n) is 5.97. The molecule has 0 radical (unpaired) electrons. The number of fused-ring (bicyclic) bond motifs is 1. The van der Waals surface area contributed by atoms with Crippen LogP contribution in [0.3, 0.4) is 0 Å². The molecule has 4 rings (SSSR count). The van der Waals surface area contributed by atoms with Gasteiger partial charge in [0.05, 0.1) is 6.10 Å². The lowest BCUT2D eigenvalue weighted by atomic mass is 9.86. The molecule has 1 aliphatic carbocycles. The van der Waals surface area contributed by atoms with E-state index in [0.29, 0.717) is 12.4 Å². The van der Waals surface area contributed by atoms with Gasteiger partial charge in [-0.05, 0) is 30.4 Å². The number of rotatable bonds is 8. The van der Waals surface area contributed by atoms with E-state index in [1.54, 1.807) is 6.07 Å². The highest BCUT2D eigenvalue weighted by atomic mass is 16.3. The van der Waals surface area contributed by atoms with Gasteiger partial charge >= 0.3 is 0 Å². The third kappa shape index (κ3) is 5.80. The molecule has 32 heavy (non-hydrogen) atoms. The molecule has 1 aromatic carbocycles. The maximum Gasteiger partial charge on any atom is 0.270 e. The molecule has 0 spiro atoms. The standard InChI is InChI=1S/C23H30N6O3/c1-15(30)27-18-8-19(9-18)28-22-10-21(25-14-26-22)23(32)24-11-20(31)13-29-7-6-16-4-2-3-5-17(16)12-29/h2-5,10,14,18-20,31H,6-9,11-13H2,1H3,(H,24,32)(H,27,30)(H,25,26,28)/t18?,19?,20-/m0/s1. The first-order chi connectivity index (χ1) is 15.5. The van der Waals surface area contributed by atoms with E-state index in [0.717, 1.165) is 32.4 Å². The van der Waals surface area contributed by atoms with Crippen molar-refractivity contribution >= 4 is 17.6 Å². The summed E-state index contributed by atoms with van der Waals surface area (Å²) in [6.45, 7) is 3.88. The smallest absolute Gasteiger partial charge is 0.270 e. The van der Waals surface area contributed by atoms with E-state index < -0.39 is 6.10 Å². The average Bonchev–Trinajstić information content (AvgIpc) is 2.76. The first kappa shape index (κ1) is 22.2. The number of hydrogen-bond donors (Lipinski definition) is 4. The zero-order chi connectivity index (χ0) is 22.5. The van der Waals surface area contributed by atoms with Crippen LogP contribution in [0.5, 0.6) is 0 Å². The highest BCUT2D eigenvalue weighted by Gasteiger charge is 2.30. The van der Waals surface area contributed by atoms with Crippen molar-refractivity contribution in [3.05, 3.63) is 53.5 Å². The maximum absolute atomic E-state index is 12.5. The Hall–Kier alpha value is -3.04. The highest BCUT2D eigenvalue weighted by Crippen LogP contribution is 2.23. The van der Waals surface area contributed by atoms with Crippen LogP contribution in [-0.4, -0.2) is 69.6 Å². The van der Waals surface area contributed by atoms with Crippen LogP contribution < -0.4 is 16.0 Å². The molecule has 1 atom stereocenters. The number of nitrogens with zero attached hydrogens (tertiary/aromatic N) is 3. The second-order valence-corrected chi connectivity index (χ2v) is 8.62. The van der Waals surface area contributed by atoms with Gasteiger partial charge in [-0.3, -0.25) is 14.5 Å². The Morgan fingerprint density at radius 2 is 1.97 bits per heavy atom. The van der Waals surface area contributed by atoms with Crippen LogP contribution in [0.2, 0.25) is 0 Å². The number of aromatic nitrogens is 2. The van der Waals surface area contributed by atoms with Gasteiger partial charge in [-0.2, -0.15) is 0 Å². The van der Waals surface area contributed by atoms with Crippen molar-refractivity contribution in [2.24, 2.45) is 0 Å². The van der Waals surface area contributed by atoms with Crippen molar-refractivity contribution < 1.29 is 14.7 Å². The lowest BCUT2D eigenvalue weighted by Crippen LogP contribution is -2.49. The van der Waals surface area contributed by atoms with Crippen molar-refractivity contribution in [2.45, 2.75) is 50.9 Å². The molecule has 2 aliphatic rings. The van der Waals surface area contributed by atoms with Crippen molar-refractivity contribution in [1.29, 1.82) is 0 Å². The number of carbonyl (C=O) groups excluding carboxylic acids is 2. The molecule has 0 saturated heterocycles. The fourth-order valence-corrected chi connectivity index (χ4v) is 4.28. The Labute approximate surface area is 187 Å².